The molecule has 33 heavy (non-hydrogen) atoms. The molecule has 0 heterocycles. The molecule has 0 saturated carbocycles. The molecular formula is C26H19N3O4. The molecule has 0 unspecified atom stereocenters. The fourth-order valence-corrected chi connectivity index (χ4v) is 3.30. The van der Waals surface area contributed by atoms with Crippen LogP contribution < -0.4 is 10.2 Å². The van der Waals surface area contributed by atoms with Gasteiger partial charge in [-0.3, -0.25) is 24.6 Å². The van der Waals surface area contributed by atoms with Crippen LogP contribution in [0.15, 0.2) is 109 Å². The Morgan fingerprint density at radius 2 is 1.15 bits per heavy atom. The second-order valence-corrected chi connectivity index (χ2v) is 7.15. The predicted octanol–water partition coefficient (Wildman–Crippen LogP) is 5.83. The number of benzene rings is 4. The summed E-state index contributed by atoms with van der Waals surface area (Å²) >= 11 is 0. The monoisotopic (exact) mass is 437 g/mol. The molecule has 0 aliphatic carbocycles. The Bertz CT molecular complexity index is 1230. The lowest BCUT2D eigenvalue weighted by Crippen LogP contribution is -2.25. The maximum atomic E-state index is 13.4. The fraction of sp³-hybridized carbons (Fsp3) is 0. The second-order valence-electron chi connectivity index (χ2n) is 7.15. The summed E-state index contributed by atoms with van der Waals surface area (Å²) in [5, 5.41) is 13.5. The molecule has 0 aliphatic rings. The van der Waals surface area contributed by atoms with Crippen molar-refractivity contribution in [2.24, 2.45) is 0 Å². The number of amides is 2. The van der Waals surface area contributed by atoms with Gasteiger partial charge in [0.25, 0.3) is 17.5 Å². The van der Waals surface area contributed by atoms with Gasteiger partial charge in [0.2, 0.25) is 0 Å². The van der Waals surface area contributed by atoms with Gasteiger partial charge in [-0.2, -0.15) is 0 Å². The fourth-order valence-electron chi connectivity index (χ4n) is 3.30. The third-order valence-electron chi connectivity index (χ3n) is 4.96. The molecule has 0 radical (unpaired) electrons. The van der Waals surface area contributed by atoms with Crippen molar-refractivity contribution in [2.45, 2.75) is 0 Å². The van der Waals surface area contributed by atoms with Gasteiger partial charge in [0, 0.05) is 40.3 Å². The Morgan fingerprint density at radius 3 is 1.64 bits per heavy atom. The van der Waals surface area contributed by atoms with Crippen LogP contribution in [0.5, 0.6) is 0 Å². The van der Waals surface area contributed by atoms with Gasteiger partial charge >= 0.3 is 0 Å². The first-order chi connectivity index (χ1) is 16.0. The van der Waals surface area contributed by atoms with Crippen LogP contribution in [0.4, 0.5) is 22.7 Å². The number of carbonyl (C=O) groups excluding carboxylic acids is 2. The molecule has 7 nitrogen and oxygen atoms in total. The summed E-state index contributed by atoms with van der Waals surface area (Å²) in [6.07, 6.45) is 0. The van der Waals surface area contributed by atoms with E-state index in [9.17, 15) is 19.7 Å². The number of hydrogen-bond acceptors (Lipinski definition) is 4. The van der Waals surface area contributed by atoms with Gasteiger partial charge in [-0.1, -0.05) is 36.4 Å². The molecule has 0 saturated heterocycles. The van der Waals surface area contributed by atoms with Gasteiger partial charge < -0.3 is 5.32 Å². The minimum absolute atomic E-state index is 0.0872. The predicted molar refractivity (Wildman–Crippen MR) is 127 cm³/mol. The maximum absolute atomic E-state index is 13.4. The minimum Gasteiger partial charge on any atom is -0.322 e. The lowest BCUT2D eigenvalue weighted by atomic mass is 10.1. The van der Waals surface area contributed by atoms with E-state index in [-0.39, 0.29) is 11.6 Å². The maximum Gasteiger partial charge on any atom is 0.269 e. The first-order valence-electron chi connectivity index (χ1n) is 10.1. The van der Waals surface area contributed by atoms with Crippen molar-refractivity contribution in [3.63, 3.8) is 0 Å². The number of nitrogens with one attached hydrogen (secondary N) is 1. The highest BCUT2D eigenvalue weighted by Crippen LogP contribution is 2.27. The number of hydrogen-bond donors (Lipinski definition) is 1. The minimum atomic E-state index is -0.522. The Labute approximate surface area is 190 Å². The largest absolute Gasteiger partial charge is 0.322 e. The van der Waals surface area contributed by atoms with Gasteiger partial charge in [0.05, 0.1) is 4.92 Å². The van der Waals surface area contributed by atoms with Crippen LogP contribution in [0.1, 0.15) is 20.7 Å². The molecule has 0 aliphatic heterocycles. The van der Waals surface area contributed by atoms with Crippen molar-refractivity contribution in [2.75, 3.05) is 10.2 Å². The van der Waals surface area contributed by atoms with E-state index < -0.39 is 10.8 Å². The van der Waals surface area contributed by atoms with Crippen LogP contribution in [0.25, 0.3) is 0 Å². The lowest BCUT2D eigenvalue weighted by Gasteiger charge is -2.23. The summed E-state index contributed by atoms with van der Waals surface area (Å²) in [5.74, 6) is -0.611. The highest BCUT2D eigenvalue weighted by Gasteiger charge is 2.19. The van der Waals surface area contributed by atoms with Gasteiger partial charge in [0.1, 0.15) is 0 Å². The second kappa shape index (κ2) is 9.57. The van der Waals surface area contributed by atoms with E-state index in [2.05, 4.69) is 5.32 Å². The van der Waals surface area contributed by atoms with E-state index in [1.54, 1.807) is 29.2 Å². The number of rotatable bonds is 6. The topological polar surface area (TPSA) is 92.6 Å². The first kappa shape index (κ1) is 21.5. The molecule has 0 atom stereocenters. The highest BCUT2D eigenvalue weighted by molar-refractivity contribution is 6.11. The molecule has 7 heteroatoms. The van der Waals surface area contributed by atoms with Gasteiger partial charge in [0.15, 0.2) is 0 Å². The summed E-state index contributed by atoms with van der Waals surface area (Å²) in [4.78, 5) is 37.7. The number of nitro groups is 1. The highest BCUT2D eigenvalue weighted by atomic mass is 16.6. The zero-order valence-electron chi connectivity index (χ0n) is 17.4. The Kier molecular flexibility index (Phi) is 6.22. The molecule has 2 amide bonds. The third-order valence-corrected chi connectivity index (χ3v) is 4.96. The van der Waals surface area contributed by atoms with E-state index in [4.69, 9.17) is 0 Å². The van der Waals surface area contributed by atoms with Crippen molar-refractivity contribution in [1.82, 2.24) is 0 Å². The molecule has 0 bridgehead atoms. The average Bonchev–Trinajstić information content (AvgIpc) is 2.86. The lowest BCUT2D eigenvalue weighted by molar-refractivity contribution is -0.384. The standard InChI is InChI=1S/C26H19N3O4/c30-25(19-13-17-24(18-14-19)29(32)33)27-21-15-11-20(12-16-21)26(31)28(22-7-3-1-4-8-22)23-9-5-2-6-10-23/h1-18H,(H,27,30). The van der Waals surface area contributed by atoms with Crippen LogP contribution in [0, 0.1) is 10.1 Å². The molecule has 1 N–H and O–H groups in total. The molecule has 4 aromatic carbocycles. The smallest absolute Gasteiger partial charge is 0.269 e. The summed E-state index contributed by atoms with van der Waals surface area (Å²) in [7, 11) is 0. The van der Waals surface area contributed by atoms with Crippen molar-refractivity contribution in [3.05, 3.63) is 130 Å². The summed E-state index contributed by atoms with van der Waals surface area (Å²) in [5.41, 5.74) is 2.64. The number of para-hydroxylation sites is 2. The van der Waals surface area contributed by atoms with Crippen LogP contribution in [0.2, 0.25) is 0 Å². The molecule has 4 rings (SSSR count). The summed E-state index contributed by atoms with van der Waals surface area (Å²) < 4.78 is 0. The molecule has 162 valence electrons. The van der Waals surface area contributed by atoms with E-state index in [0.717, 1.165) is 11.4 Å². The average molecular weight is 437 g/mol. The zero-order chi connectivity index (χ0) is 23.2. The number of carbonyl (C=O) groups is 2. The molecule has 0 aromatic heterocycles. The Hall–Kier alpha value is -4.78. The summed E-state index contributed by atoms with van der Waals surface area (Å²) in [6.45, 7) is 0. The normalized spacial score (nSPS) is 10.3. The Balaban J connectivity index is 1.53. The summed E-state index contributed by atoms with van der Waals surface area (Å²) in [6, 6.07) is 30.6. The molecule has 0 spiro atoms. The van der Waals surface area contributed by atoms with Gasteiger partial charge in [-0.05, 0) is 60.7 Å². The van der Waals surface area contributed by atoms with E-state index >= 15 is 0 Å². The van der Waals surface area contributed by atoms with E-state index in [0.29, 0.717) is 16.8 Å². The van der Waals surface area contributed by atoms with Crippen LogP contribution in [-0.4, -0.2) is 16.7 Å². The molecular weight excluding hydrogens is 418 g/mol. The van der Waals surface area contributed by atoms with Gasteiger partial charge in [-0.25, -0.2) is 0 Å². The quantitative estimate of drug-likeness (QED) is 0.304. The number of non-ortho nitro benzene ring substituents is 1. The first-order valence-corrected chi connectivity index (χ1v) is 10.1. The van der Waals surface area contributed by atoms with Crippen LogP contribution >= 0.6 is 0 Å². The Morgan fingerprint density at radius 1 is 0.667 bits per heavy atom. The van der Waals surface area contributed by atoms with Crippen molar-refractivity contribution < 1.29 is 14.5 Å². The number of nitro benzene ring substituents is 1. The van der Waals surface area contributed by atoms with Crippen molar-refractivity contribution >= 4 is 34.6 Å². The van der Waals surface area contributed by atoms with Gasteiger partial charge in [-0.15, -0.1) is 0 Å². The zero-order valence-corrected chi connectivity index (χ0v) is 17.4. The van der Waals surface area contributed by atoms with E-state index in [1.807, 2.05) is 60.7 Å². The molecule has 0 fully saturated rings. The third kappa shape index (κ3) is 4.94. The number of nitrogens with zero attached hydrogens (tertiary/aromatic N) is 2. The molecule has 4 aromatic rings. The van der Waals surface area contributed by atoms with Crippen molar-refractivity contribution in [1.29, 1.82) is 0 Å². The van der Waals surface area contributed by atoms with Crippen molar-refractivity contribution in [3.8, 4) is 0 Å². The SMILES string of the molecule is O=C(Nc1ccc(C(=O)N(c2ccccc2)c2ccccc2)cc1)c1ccc([N+](=O)[O-])cc1. The van der Waals surface area contributed by atoms with E-state index in [1.165, 1.54) is 24.3 Å². The number of anilines is 3. The van der Waals surface area contributed by atoms with Crippen LogP contribution in [0.3, 0.4) is 0 Å². The van der Waals surface area contributed by atoms with Crippen LogP contribution in [-0.2, 0) is 0 Å².